The van der Waals surface area contributed by atoms with Crippen molar-refractivity contribution in [3.05, 3.63) is 252 Å². The van der Waals surface area contributed by atoms with E-state index in [1.54, 1.807) is 0 Å². The van der Waals surface area contributed by atoms with Crippen LogP contribution in [0.5, 0.6) is 0 Å². The van der Waals surface area contributed by atoms with Crippen LogP contribution in [0.2, 0.25) is 0 Å². The molecule has 2 heteroatoms. The number of para-hydroxylation sites is 4. The summed E-state index contributed by atoms with van der Waals surface area (Å²) in [6.07, 6.45) is 0. The summed E-state index contributed by atoms with van der Waals surface area (Å²) in [6.45, 7) is 14.7. The highest BCUT2D eigenvalue weighted by Crippen LogP contribution is 2.62. The minimum atomic E-state index is -0.233. The molecule has 2 aromatic heterocycles. The third-order valence-electron chi connectivity index (χ3n) is 19.1. The van der Waals surface area contributed by atoms with E-state index < -0.39 is 0 Å². The van der Waals surface area contributed by atoms with Crippen LogP contribution in [0.15, 0.2) is 227 Å². The van der Waals surface area contributed by atoms with E-state index in [-0.39, 0.29) is 16.2 Å². The summed E-state index contributed by atoms with van der Waals surface area (Å²) in [6, 6.07) is 81.5. The summed E-state index contributed by atoms with van der Waals surface area (Å²) in [5, 5.41) is 9.78. The number of furan rings is 2. The molecule has 0 spiro atoms. The van der Waals surface area contributed by atoms with Gasteiger partial charge in [-0.1, -0.05) is 211 Å². The van der Waals surface area contributed by atoms with E-state index in [1.165, 1.54) is 111 Å². The monoisotopic (exact) mass is 1010 g/mol. The summed E-state index contributed by atoms with van der Waals surface area (Å²) < 4.78 is 12.9. The van der Waals surface area contributed by atoms with Crippen LogP contribution < -0.4 is 0 Å². The molecular formula is C77H54O2. The molecule has 0 amide bonds. The van der Waals surface area contributed by atoms with Gasteiger partial charge in [-0.2, -0.15) is 0 Å². The Hall–Kier alpha value is -9.24. The Morgan fingerprint density at radius 1 is 0.228 bits per heavy atom. The second-order valence-electron chi connectivity index (χ2n) is 24.3. The lowest BCUT2D eigenvalue weighted by molar-refractivity contribution is 0.649. The standard InChI is InChI=1S/C77H54O2/c1-75(2)63-41-61-65(76(3,4)67-37-57(49-17-7-9-21-53(49)71(61)67)45-33-29-43(30-34-45)47-23-15-25-55-51-19-11-13-27-69(51)78-73(47)55)39-59(63)60-40-66-62(42-64(60)75)72-54-22-10-8-18-50(54)58(38-68(72)77(66,5)6)46-35-31-44(32-36-46)48-24-16-26-56-52-20-12-14-28-70(52)79-74(48)56/h7-42H,1-6H3. The first kappa shape index (κ1) is 44.8. The van der Waals surface area contributed by atoms with Crippen LogP contribution in [-0.4, -0.2) is 0 Å². The number of rotatable bonds is 4. The normalized spacial score (nSPS) is 15.0. The van der Waals surface area contributed by atoms with E-state index in [1.807, 2.05) is 12.1 Å². The second kappa shape index (κ2) is 15.5. The van der Waals surface area contributed by atoms with Crippen LogP contribution in [0.4, 0.5) is 0 Å². The molecule has 14 aromatic rings. The molecule has 3 aliphatic carbocycles. The van der Waals surface area contributed by atoms with Gasteiger partial charge in [0.1, 0.15) is 22.3 Å². The first-order valence-electron chi connectivity index (χ1n) is 28.0. The molecule has 0 atom stereocenters. The summed E-state index contributed by atoms with van der Waals surface area (Å²) >= 11 is 0. The molecular weight excluding hydrogens is 957 g/mol. The Morgan fingerprint density at radius 3 is 0.924 bits per heavy atom. The largest absolute Gasteiger partial charge is 0.455 e. The average Bonchev–Trinajstić information content (AvgIpc) is 4.42. The van der Waals surface area contributed by atoms with Gasteiger partial charge in [0.2, 0.25) is 0 Å². The molecule has 374 valence electrons. The molecule has 0 N–H and O–H groups in total. The van der Waals surface area contributed by atoms with Crippen LogP contribution in [0.3, 0.4) is 0 Å². The number of fused-ring (bicyclic) bond motifs is 19. The van der Waals surface area contributed by atoms with Crippen LogP contribution in [0, 0.1) is 0 Å². The van der Waals surface area contributed by atoms with Crippen molar-refractivity contribution in [2.75, 3.05) is 0 Å². The molecule has 0 fully saturated rings. The van der Waals surface area contributed by atoms with Crippen LogP contribution in [-0.2, 0) is 16.2 Å². The van der Waals surface area contributed by atoms with Gasteiger partial charge < -0.3 is 8.83 Å². The topological polar surface area (TPSA) is 26.3 Å². The molecule has 0 saturated carbocycles. The molecule has 3 aliphatic rings. The van der Waals surface area contributed by atoms with Crippen LogP contribution >= 0.6 is 0 Å². The average molecular weight is 1010 g/mol. The molecule has 12 aromatic carbocycles. The molecule has 2 nitrogen and oxygen atoms in total. The van der Waals surface area contributed by atoms with Crippen molar-refractivity contribution in [3.63, 3.8) is 0 Å². The van der Waals surface area contributed by atoms with Gasteiger partial charge in [0, 0.05) is 48.9 Å². The highest BCUT2D eigenvalue weighted by molar-refractivity contribution is 6.14. The van der Waals surface area contributed by atoms with E-state index in [4.69, 9.17) is 8.83 Å². The second-order valence-corrected chi connectivity index (χ2v) is 24.3. The van der Waals surface area contributed by atoms with E-state index in [9.17, 15) is 0 Å². The molecule has 2 heterocycles. The van der Waals surface area contributed by atoms with Crippen molar-refractivity contribution < 1.29 is 8.83 Å². The van der Waals surface area contributed by atoms with Gasteiger partial charge in [0.25, 0.3) is 0 Å². The van der Waals surface area contributed by atoms with E-state index in [0.29, 0.717) is 0 Å². The minimum absolute atomic E-state index is 0.219. The fourth-order valence-corrected chi connectivity index (χ4v) is 15.0. The van der Waals surface area contributed by atoms with Crippen molar-refractivity contribution in [2.24, 2.45) is 0 Å². The lowest BCUT2D eigenvalue weighted by Gasteiger charge is -2.25. The van der Waals surface area contributed by atoms with Gasteiger partial charge in [-0.05, 0) is 170 Å². The van der Waals surface area contributed by atoms with Gasteiger partial charge in [0.15, 0.2) is 0 Å². The minimum Gasteiger partial charge on any atom is -0.455 e. The predicted molar refractivity (Wildman–Crippen MR) is 330 cm³/mol. The maximum atomic E-state index is 6.47. The van der Waals surface area contributed by atoms with Gasteiger partial charge in [-0.25, -0.2) is 0 Å². The van der Waals surface area contributed by atoms with E-state index in [2.05, 4.69) is 248 Å². The molecule has 0 unspecified atom stereocenters. The maximum absolute atomic E-state index is 6.47. The van der Waals surface area contributed by atoms with Crippen molar-refractivity contribution in [1.82, 2.24) is 0 Å². The fraction of sp³-hybridized carbons (Fsp3) is 0.117. The zero-order chi connectivity index (χ0) is 52.8. The third-order valence-corrected chi connectivity index (χ3v) is 19.1. The quantitative estimate of drug-likeness (QED) is 0.176. The van der Waals surface area contributed by atoms with Gasteiger partial charge >= 0.3 is 0 Å². The molecule has 0 radical (unpaired) electrons. The molecule has 79 heavy (non-hydrogen) atoms. The zero-order valence-electron chi connectivity index (χ0n) is 45.1. The molecule has 0 saturated heterocycles. The predicted octanol–water partition coefficient (Wildman–Crippen LogP) is 21.4. The summed E-state index contributed by atoms with van der Waals surface area (Å²) in [7, 11) is 0. The Labute approximate surface area is 459 Å². The van der Waals surface area contributed by atoms with Gasteiger partial charge in [0.05, 0.1) is 0 Å². The summed E-state index contributed by atoms with van der Waals surface area (Å²) in [5.41, 5.74) is 29.2. The fourth-order valence-electron chi connectivity index (χ4n) is 15.0. The smallest absolute Gasteiger partial charge is 0.143 e. The summed E-state index contributed by atoms with van der Waals surface area (Å²) in [4.78, 5) is 0. The van der Waals surface area contributed by atoms with Crippen LogP contribution in [0.25, 0.3) is 143 Å². The highest BCUT2D eigenvalue weighted by Gasteiger charge is 2.45. The Bertz CT molecular complexity index is 4700. The molecule has 17 rings (SSSR count). The third kappa shape index (κ3) is 5.96. The zero-order valence-corrected chi connectivity index (χ0v) is 45.1. The Morgan fingerprint density at radius 2 is 0.519 bits per heavy atom. The molecule has 0 aliphatic heterocycles. The Balaban J connectivity index is 0.756. The first-order chi connectivity index (χ1) is 38.4. The lowest BCUT2D eigenvalue weighted by Crippen LogP contribution is -2.17. The summed E-state index contributed by atoms with van der Waals surface area (Å²) in [5.74, 6) is 0. The van der Waals surface area contributed by atoms with E-state index in [0.717, 1.165) is 66.1 Å². The number of benzene rings is 12. The van der Waals surface area contributed by atoms with Crippen molar-refractivity contribution in [3.8, 4) is 77.9 Å². The van der Waals surface area contributed by atoms with Crippen LogP contribution in [0.1, 0.15) is 74.9 Å². The lowest BCUT2D eigenvalue weighted by atomic mass is 9.78. The van der Waals surface area contributed by atoms with Crippen molar-refractivity contribution in [2.45, 2.75) is 57.8 Å². The van der Waals surface area contributed by atoms with E-state index >= 15 is 0 Å². The number of hydrogen-bond donors (Lipinski definition) is 0. The highest BCUT2D eigenvalue weighted by atomic mass is 16.3. The molecule has 0 bridgehead atoms. The van der Waals surface area contributed by atoms with Crippen molar-refractivity contribution >= 4 is 65.4 Å². The first-order valence-corrected chi connectivity index (χ1v) is 28.0. The number of hydrogen-bond acceptors (Lipinski definition) is 2. The van der Waals surface area contributed by atoms with Gasteiger partial charge in [-0.3, -0.25) is 0 Å². The Kier molecular flexibility index (Phi) is 8.79. The SMILES string of the molecule is CC1(C)c2cc3c(cc2-c2cc4c(cc21)-c1c(cc(-c2ccc(-c5cccc6c5oc5ccccc56)cc2)c2ccccc12)C4(C)C)C(C)(C)c1cc(-c2ccc(-c4cccc5c4oc4ccccc45)cc2)c2ccccc2c1-3. The van der Waals surface area contributed by atoms with Crippen molar-refractivity contribution in [1.29, 1.82) is 0 Å². The maximum Gasteiger partial charge on any atom is 0.143 e. The van der Waals surface area contributed by atoms with Gasteiger partial charge in [-0.15, -0.1) is 0 Å².